The van der Waals surface area contributed by atoms with Gasteiger partial charge in [-0.25, -0.2) is 0 Å². The zero-order valence-electron chi connectivity index (χ0n) is 11.3. The lowest BCUT2D eigenvalue weighted by molar-refractivity contribution is -0.111. The summed E-state index contributed by atoms with van der Waals surface area (Å²) < 4.78 is 0. The molecule has 4 nitrogen and oxygen atoms in total. The predicted octanol–water partition coefficient (Wildman–Crippen LogP) is 4.45. The molecule has 0 heterocycles. The molecule has 0 bridgehead atoms. The predicted molar refractivity (Wildman–Crippen MR) is 82.2 cm³/mol. The number of hydrogen-bond donors (Lipinski definition) is 1. The molecule has 0 aliphatic carbocycles. The van der Waals surface area contributed by atoms with E-state index in [1.807, 2.05) is 48.5 Å². The molecule has 0 aromatic heterocycles. The minimum absolute atomic E-state index is 0.119. The first-order valence-electron chi connectivity index (χ1n) is 6.38. The molecule has 0 atom stereocenters. The van der Waals surface area contributed by atoms with Crippen LogP contribution >= 0.6 is 0 Å². The summed E-state index contributed by atoms with van der Waals surface area (Å²) in [5.74, 6) is -0.416. The van der Waals surface area contributed by atoms with Crippen molar-refractivity contribution in [2.24, 2.45) is 10.2 Å². The number of aliphatic hydroxyl groups excluding tert-OH is 1. The van der Waals surface area contributed by atoms with Gasteiger partial charge in [0, 0.05) is 0 Å². The number of nitrogens with zero attached hydrogens (tertiary/aromatic N) is 2. The van der Waals surface area contributed by atoms with Gasteiger partial charge >= 0.3 is 0 Å². The summed E-state index contributed by atoms with van der Waals surface area (Å²) in [6.07, 6.45) is 3.66. The van der Waals surface area contributed by atoms with Gasteiger partial charge in [-0.15, -0.1) is 5.11 Å². The maximum absolute atomic E-state index is 11.9. The summed E-state index contributed by atoms with van der Waals surface area (Å²) in [4.78, 5) is 11.9. The van der Waals surface area contributed by atoms with Crippen LogP contribution < -0.4 is 0 Å². The van der Waals surface area contributed by atoms with Crippen LogP contribution in [0.15, 0.2) is 88.9 Å². The molecule has 0 unspecified atom stereocenters. The first-order valence-corrected chi connectivity index (χ1v) is 6.38. The highest BCUT2D eigenvalue weighted by Gasteiger charge is 2.05. The van der Waals surface area contributed by atoms with Crippen LogP contribution in [0.2, 0.25) is 0 Å². The average molecular weight is 278 g/mol. The topological polar surface area (TPSA) is 62.0 Å². The number of rotatable bonds is 5. The fourth-order valence-electron chi connectivity index (χ4n) is 1.57. The molecule has 2 aromatic carbocycles. The van der Waals surface area contributed by atoms with Gasteiger partial charge in [0.15, 0.2) is 5.70 Å². The Kier molecular flexibility index (Phi) is 5.18. The molecule has 0 amide bonds. The second kappa shape index (κ2) is 7.55. The van der Waals surface area contributed by atoms with E-state index < -0.39 is 5.78 Å². The van der Waals surface area contributed by atoms with Crippen molar-refractivity contribution in [2.75, 3.05) is 0 Å². The first-order chi connectivity index (χ1) is 10.3. The van der Waals surface area contributed by atoms with Gasteiger partial charge in [-0.1, -0.05) is 54.6 Å². The molecule has 0 saturated carbocycles. The Morgan fingerprint density at radius 2 is 1.57 bits per heavy atom. The van der Waals surface area contributed by atoms with Crippen LogP contribution in [0.4, 0.5) is 5.69 Å². The molecule has 0 fully saturated rings. The summed E-state index contributed by atoms with van der Waals surface area (Å²) in [6, 6.07) is 18.4. The first kappa shape index (κ1) is 14.4. The van der Waals surface area contributed by atoms with E-state index in [0.29, 0.717) is 11.9 Å². The van der Waals surface area contributed by atoms with E-state index in [0.717, 1.165) is 5.56 Å². The zero-order valence-corrected chi connectivity index (χ0v) is 11.3. The monoisotopic (exact) mass is 278 g/mol. The number of allylic oxidation sites excluding steroid dienone is 1. The van der Waals surface area contributed by atoms with Gasteiger partial charge < -0.3 is 5.11 Å². The molecule has 1 N–H and O–H groups in total. The number of ketones is 1. The molecule has 0 aliphatic heterocycles. The Morgan fingerprint density at radius 3 is 2.19 bits per heavy atom. The average Bonchev–Trinajstić information content (AvgIpc) is 2.55. The summed E-state index contributed by atoms with van der Waals surface area (Å²) in [6.45, 7) is 0. The van der Waals surface area contributed by atoms with Crippen molar-refractivity contribution < 1.29 is 9.90 Å². The number of carbonyl (C=O) groups excluding carboxylic acids is 1. The second-order valence-corrected chi connectivity index (χ2v) is 4.16. The summed E-state index contributed by atoms with van der Waals surface area (Å²) in [7, 11) is 0. The molecular weight excluding hydrogens is 264 g/mol. The Hall–Kier alpha value is -3.01. The van der Waals surface area contributed by atoms with E-state index >= 15 is 0 Å². The van der Waals surface area contributed by atoms with Gasteiger partial charge in [-0.2, -0.15) is 5.11 Å². The van der Waals surface area contributed by atoms with Crippen molar-refractivity contribution in [1.82, 2.24) is 0 Å². The number of benzene rings is 2. The summed E-state index contributed by atoms with van der Waals surface area (Å²) in [5.41, 5.74) is 1.38. The Bertz CT molecular complexity index is 674. The van der Waals surface area contributed by atoms with Crippen LogP contribution in [0, 0.1) is 0 Å². The number of azo groups is 1. The highest BCUT2D eigenvalue weighted by Crippen LogP contribution is 2.13. The largest absolute Gasteiger partial charge is 0.513 e. The zero-order chi connectivity index (χ0) is 14.9. The molecule has 0 saturated heterocycles. The lowest BCUT2D eigenvalue weighted by atomic mass is 10.2. The minimum Gasteiger partial charge on any atom is -0.513 e. The maximum Gasteiger partial charge on any atom is 0.209 e. The fourth-order valence-corrected chi connectivity index (χ4v) is 1.57. The molecule has 0 aliphatic rings. The van der Waals surface area contributed by atoms with Crippen molar-refractivity contribution in [1.29, 1.82) is 0 Å². The van der Waals surface area contributed by atoms with Crippen LogP contribution in [-0.4, -0.2) is 10.9 Å². The van der Waals surface area contributed by atoms with Gasteiger partial charge in [0.25, 0.3) is 0 Å². The number of hydrogen-bond acceptors (Lipinski definition) is 4. The van der Waals surface area contributed by atoms with E-state index in [1.165, 1.54) is 6.08 Å². The van der Waals surface area contributed by atoms with Crippen molar-refractivity contribution >= 4 is 17.5 Å². The van der Waals surface area contributed by atoms with E-state index in [2.05, 4.69) is 10.2 Å². The Labute approximate surface area is 122 Å². The van der Waals surface area contributed by atoms with Crippen molar-refractivity contribution in [3.8, 4) is 0 Å². The number of carbonyl (C=O) groups is 1. The van der Waals surface area contributed by atoms with Crippen LogP contribution in [-0.2, 0) is 4.79 Å². The van der Waals surface area contributed by atoms with Crippen LogP contribution in [0.25, 0.3) is 6.08 Å². The standard InChI is InChI=1S/C17H14N2O2/c20-13-16(19-18-15-9-5-2-6-10-15)17(21)12-11-14-7-3-1-4-8-14/h1-13,20H/b12-11+,16-13-,19-18?. The molecule has 4 heteroatoms. The smallest absolute Gasteiger partial charge is 0.209 e. The van der Waals surface area contributed by atoms with Crippen LogP contribution in [0.3, 0.4) is 0 Å². The lowest BCUT2D eigenvalue weighted by Gasteiger charge is -1.95. The Morgan fingerprint density at radius 1 is 0.952 bits per heavy atom. The Balaban J connectivity index is 2.06. The van der Waals surface area contributed by atoms with Gasteiger partial charge in [0.2, 0.25) is 5.78 Å². The van der Waals surface area contributed by atoms with Crippen LogP contribution in [0.1, 0.15) is 5.56 Å². The number of aliphatic hydroxyl groups is 1. The molecule has 0 spiro atoms. The molecule has 21 heavy (non-hydrogen) atoms. The normalized spacial score (nSPS) is 12.1. The molecule has 2 rings (SSSR count). The van der Waals surface area contributed by atoms with Crippen molar-refractivity contribution in [3.63, 3.8) is 0 Å². The third kappa shape index (κ3) is 4.54. The molecule has 2 aromatic rings. The second-order valence-electron chi connectivity index (χ2n) is 4.16. The summed E-state index contributed by atoms with van der Waals surface area (Å²) >= 11 is 0. The van der Waals surface area contributed by atoms with E-state index in [4.69, 9.17) is 5.11 Å². The highest BCUT2D eigenvalue weighted by molar-refractivity contribution is 6.05. The van der Waals surface area contributed by atoms with Crippen molar-refractivity contribution in [2.45, 2.75) is 0 Å². The highest BCUT2D eigenvalue weighted by atomic mass is 16.2. The maximum atomic E-state index is 11.9. The van der Waals surface area contributed by atoms with Gasteiger partial charge in [-0.3, -0.25) is 4.79 Å². The van der Waals surface area contributed by atoms with E-state index in [-0.39, 0.29) is 5.70 Å². The molecular formula is C17H14N2O2. The van der Waals surface area contributed by atoms with Gasteiger partial charge in [-0.05, 0) is 23.8 Å². The fraction of sp³-hybridized carbons (Fsp3) is 0. The molecule has 104 valence electrons. The third-order valence-electron chi connectivity index (χ3n) is 2.63. The quantitative estimate of drug-likeness (QED) is 0.499. The van der Waals surface area contributed by atoms with E-state index in [9.17, 15) is 4.79 Å². The molecule has 0 radical (unpaired) electrons. The van der Waals surface area contributed by atoms with Gasteiger partial charge in [0.1, 0.15) is 6.26 Å². The van der Waals surface area contributed by atoms with Crippen molar-refractivity contribution in [3.05, 3.63) is 84.3 Å². The van der Waals surface area contributed by atoms with E-state index in [1.54, 1.807) is 18.2 Å². The lowest BCUT2D eigenvalue weighted by Crippen LogP contribution is -1.95. The van der Waals surface area contributed by atoms with Crippen LogP contribution in [0.5, 0.6) is 0 Å². The minimum atomic E-state index is -0.416. The third-order valence-corrected chi connectivity index (χ3v) is 2.63. The summed E-state index contributed by atoms with van der Waals surface area (Å²) in [5, 5.41) is 16.8. The van der Waals surface area contributed by atoms with Gasteiger partial charge in [0.05, 0.1) is 5.69 Å². The SMILES string of the molecule is O=C(/C=C/c1ccccc1)/C(=C/O)N=Nc1ccccc1.